The normalized spacial score (nSPS) is 10.1. The molecule has 0 radical (unpaired) electrons. The molecule has 5 nitrogen and oxygen atoms in total. The molecule has 2 aromatic rings. The van der Waals surface area contributed by atoms with Gasteiger partial charge in [0.25, 0.3) is 0 Å². The average molecular weight is 325 g/mol. The summed E-state index contributed by atoms with van der Waals surface area (Å²) in [6.45, 7) is 0.446. The second-order valence-corrected chi connectivity index (χ2v) is 5.58. The Hall–Kier alpha value is -2.05. The number of amides is 2. The fourth-order valence-corrected chi connectivity index (χ4v) is 2.59. The van der Waals surface area contributed by atoms with Crippen molar-refractivity contribution in [3.8, 4) is 0 Å². The van der Waals surface area contributed by atoms with Crippen LogP contribution in [0.15, 0.2) is 35.7 Å². The summed E-state index contributed by atoms with van der Waals surface area (Å²) in [5, 5.41) is 16.8. The summed E-state index contributed by atoms with van der Waals surface area (Å²) in [7, 11) is 0. The van der Waals surface area contributed by atoms with Crippen molar-refractivity contribution in [3.05, 3.63) is 51.9 Å². The third kappa shape index (κ3) is 4.47. The van der Waals surface area contributed by atoms with Crippen LogP contribution in [0.25, 0.3) is 0 Å². The van der Waals surface area contributed by atoms with Crippen LogP contribution in [0.1, 0.15) is 15.9 Å². The van der Waals surface area contributed by atoms with E-state index in [2.05, 4.69) is 10.6 Å². The molecule has 3 N–H and O–H groups in total. The zero-order chi connectivity index (χ0) is 15.2. The number of hydrogen-bond donors (Lipinski definition) is 3. The first-order valence-corrected chi connectivity index (χ1v) is 7.42. The predicted octanol–water partition coefficient (Wildman–Crippen LogP) is 3.46. The number of benzene rings is 1. The van der Waals surface area contributed by atoms with Gasteiger partial charge in [0, 0.05) is 11.6 Å². The van der Waals surface area contributed by atoms with Crippen LogP contribution in [0.3, 0.4) is 0 Å². The van der Waals surface area contributed by atoms with Crippen LogP contribution >= 0.6 is 22.9 Å². The van der Waals surface area contributed by atoms with E-state index < -0.39 is 12.0 Å². The first-order valence-electron chi connectivity index (χ1n) is 6.16. The Bertz CT molecular complexity index is 640. The van der Waals surface area contributed by atoms with Crippen molar-refractivity contribution in [2.45, 2.75) is 6.42 Å². The monoisotopic (exact) mass is 324 g/mol. The van der Waals surface area contributed by atoms with Crippen molar-refractivity contribution in [2.24, 2.45) is 0 Å². The maximum Gasteiger partial charge on any atom is 0.338 e. The van der Waals surface area contributed by atoms with Gasteiger partial charge in [-0.2, -0.15) is 0 Å². The lowest BCUT2D eigenvalue weighted by Gasteiger charge is -2.07. The molecule has 0 aliphatic rings. The molecular weight excluding hydrogens is 312 g/mol. The van der Waals surface area contributed by atoms with E-state index in [9.17, 15) is 9.59 Å². The molecule has 110 valence electrons. The van der Waals surface area contributed by atoms with Gasteiger partial charge < -0.3 is 10.4 Å². The van der Waals surface area contributed by atoms with Crippen LogP contribution in [0.4, 0.5) is 9.80 Å². The fourth-order valence-electron chi connectivity index (χ4n) is 1.69. The number of anilines is 1. The van der Waals surface area contributed by atoms with E-state index in [0.29, 0.717) is 23.0 Å². The zero-order valence-corrected chi connectivity index (χ0v) is 12.5. The molecule has 1 aromatic carbocycles. The molecule has 0 fully saturated rings. The summed E-state index contributed by atoms with van der Waals surface area (Å²) < 4.78 is 0. The number of urea groups is 1. The fraction of sp³-hybridized carbons (Fsp3) is 0.143. The van der Waals surface area contributed by atoms with Gasteiger partial charge in [0.2, 0.25) is 0 Å². The molecule has 0 aliphatic carbocycles. The van der Waals surface area contributed by atoms with Gasteiger partial charge >= 0.3 is 12.0 Å². The zero-order valence-electron chi connectivity index (χ0n) is 10.9. The Kier molecular flexibility index (Phi) is 5.19. The molecule has 0 unspecified atom stereocenters. The van der Waals surface area contributed by atoms with E-state index in [1.54, 1.807) is 17.5 Å². The molecule has 7 heteroatoms. The molecule has 0 spiro atoms. The Labute approximate surface area is 130 Å². The maximum atomic E-state index is 11.7. The highest BCUT2D eigenvalue weighted by molar-refractivity contribution is 7.14. The number of carbonyl (C=O) groups excluding carboxylic acids is 1. The lowest BCUT2D eigenvalue weighted by atomic mass is 10.1. The van der Waals surface area contributed by atoms with Gasteiger partial charge in [-0.1, -0.05) is 23.7 Å². The second-order valence-electron chi connectivity index (χ2n) is 4.23. The average Bonchev–Trinajstić information content (AvgIpc) is 2.89. The molecular formula is C14H13ClN2O3S. The number of rotatable bonds is 5. The molecule has 0 aliphatic heterocycles. The van der Waals surface area contributed by atoms with Gasteiger partial charge in [0.1, 0.15) is 5.00 Å². The number of carboxylic acid groups (broad SMARTS) is 1. The SMILES string of the molecule is O=C(NCCc1ccc(Cl)cc1)Nc1sccc1C(=O)O. The molecule has 0 saturated carbocycles. The Morgan fingerprint density at radius 2 is 1.90 bits per heavy atom. The standard InChI is InChI=1S/C14H13ClN2O3S/c15-10-3-1-9(2-4-10)5-7-16-14(20)17-12-11(13(18)19)6-8-21-12/h1-4,6,8H,5,7H2,(H,18,19)(H2,16,17,20). The van der Waals surface area contributed by atoms with Crippen molar-refractivity contribution in [1.29, 1.82) is 0 Å². The molecule has 0 saturated heterocycles. The minimum absolute atomic E-state index is 0.0906. The summed E-state index contributed by atoms with van der Waals surface area (Å²) in [4.78, 5) is 22.6. The maximum absolute atomic E-state index is 11.7. The predicted molar refractivity (Wildman–Crippen MR) is 83.5 cm³/mol. The van der Waals surface area contributed by atoms with E-state index in [1.807, 2.05) is 12.1 Å². The van der Waals surface area contributed by atoms with E-state index in [-0.39, 0.29) is 5.56 Å². The van der Waals surface area contributed by atoms with Crippen molar-refractivity contribution >= 4 is 39.9 Å². The summed E-state index contributed by atoms with van der Waals surface area (Å²) >= 11 is 6.96. The number of halogens is 1. The van der Waals surface area contributed by atoms with Crippen molar-refractivity contribution in [1.82, 2.24) is 5.32 Å². The molecule has 2 rings (SSSR count). The first-order chi connectivity index (χ1) is 10.1. The Morgan fingerprint density at radius 1 is 1.19 bits per heavy atom. The highest BCUT2D eigenvalue weighted by Crippen LogP contribution is 2.22. The Balaban J connectivity index is 1.81. The summed E-state index contributed by atoms with van der Waals surface area (Å²) in [5.41, 5.74) is 1.15. The van der Waals surface area contributed by atoms with Crippen LogP contribution < -0.4 is 10.6 Å². The quantitative estimate of drug-likeness (QED) is 0.788. The summed E-state index contributed by atoms with van der Waals surface area (Å²) in [6, 6.07) is 8.40. The lowest BCUT2D eigenvalue weighted by molar-refractivity contribution is 0.0698. The number of thiophene rings is 1. The van der Waals surface area contributed by atoms with Crippen molar-refractivity contribution in [3.63, 3.8) is 0 Å². The molecule has 0 atom stereocenters. The van der Waals surface area contributed by atoms with Gasteiger partial charge in [-0.25, -0.2) is 9.59 Å². The third-order valence-electron chi connectivity index (χ3n) is 2.74. The van der Waals surface area contributed by atoms with Gasteiger partial charge in [0.05, 0.1) is 5.56 Å². The van der Waals surface area contributed by atoms with Crippen LogP contribution in [0.5, 0.6) is 0 Å². The van der Waals surface area contributed by atoms with E-state index in [0.717, 1.165) is 5.56 Å². The van der Waals surface area contributed by atoms with Crippen LogP contribution in [0.2, 0.25) is 5.02 Å². The van der Waals surface area contributed by atoms with E-state index >= 15 is 0 Å². The van der Waals surface area contributed by atoms with Crippen LogP contribution in [0, 0.1) is 0 Å². The van der Waals surface area contributed by atoms with Crippen LogP contribution in [-0.4, -0.2) is 23.7 Å². The molecule has 0 bridgehead atoms. The minimum atomic E-state index is -1.06. The number of carbonyl (C=O) groups is 2. The summed E-state index contributed by atoms with van der Waals surface area (Å²) in [6.07, 6.45) is 0.667. The number of hydrogen-bond acceptors (Lipinski definition) is 3. The van der Waals surface area contributed by atoms with Gasteiger partial charge in [-0.3, -0.25) is 5.32 Å². The van der Waals surface area contributed by atoms with Crippen molar-refractivity contribution < 1.29 is 14.7 Å². The first kappa shape index (κ1) is 15.3. The van der Waals surface area contributed by atoms with Gasteiger partial charge in [-0.15, -0.1) is 11.3 Å². The Morgan fingerprint density at radius 3 is 2.57 bits per heavy atom. The third-order valence-corrected chi connectivity index (χ3v) is 3.82. The molecule has 21 heavy (non-hydrogen) atoms. The summed E-state index contributed by atoms with van der Waals surface area (Å²) in [5.74, 6) is -1.06. The smallest absolute Gasteiger partial charge is 0.338 e. The van der Waals surface area contributed by atoms with E-state index in [4.69, 9.17) is 16.7 Å². The molecule has 1 aromatic heterocycles. The minimum Gasteiger partial charge on any atom is -0.478 e. The lowest BCUT2D eigenvalue weighted by Crippen LogP contribution is -2.30. The number of carboxylic acids is 1. The highest BCUT2D eigenvalue weighted by Gasteiger charge is 2.13. The number of aromatic carboxylic acids is 1. The molecule has 2 amide bonds. The second kappa shape index (κ2) is 7.10. The number of nitrogens with one attached hydrogen (secondary N) is 2. The topological polar surface area (TPSA) is 78.4 Å². The largest absolute Gasteiger partial charge is 0.478 e. The van der Waals surface area contributed by atoms with Crippen LogP contribution in [-0.2, 0) is 6.42 Å². The van der Waals surface area contributed by atoms with Gasteiger partial charge in [-0.05, 0) is 35.6 Å². The van der Waals surface area contributed by atoms with Crippen molar-refractivity contribution in [2.75, 3.05) is 11.9 Å². The molecule has 1 heterocycles. The van der Waals surface area contributed by atoms with Gasteiger partial charge in [0.15, 0.2) is 0 Å². The highest BCUT2D eigenvalue weighted by atomic mass is 35.5. The van der Waals surface area contributed by atoms with E-state index in [1.165, 1.54) is 17.4 Å².